The molecule has 30 heavy (non-hydrogen) atoms. The summed E-state index contributed by atoms with van der Waals surface area (Å²) >= 11 is 0. The summed E-state index contributed by atoms with van der Waals surface area (Å²) in [4.78, 5) is 0. The van der Waals surface area contributed by atoms with Gasteiger partial charge in [-0.15, -0.1) is 13.2 Å². The smallest absolute Gasteiger partial charge is 0.406 e. The Morgan fingerprint density at radius 1 is 0.933 bits per heavy atom. The molecule has 1 aliphatic heterocycles. The summed E-state index contributed by atoms with van der Waals surface area (Å²) in [7, 11) is 0. The molecule has 0 N–H and O–H groups in total. The van der Waals surface area contributed by atoms with Crippen LogP contribution in [0.25, 0.3) is 11.1 Å². The number of allylic oxidation sites excluding steroid dienone is 3. The average Bonchev–Trinajstić information content (AvgIpc) is 2.74. The van der Waals surface area contributed by atoms with E-state index in [0.717, 1.165) is 16.7 Å². The molecule has 2 atom stereocenters. The largest absolute Gasteiger partial charge is 0.573 e. The molecule has 1 aliphatic rings. The lowest BCUT2D eigenvalue weighted by Gasteiger charge is -2.29. The van der Waals surface area contributed by atoms with E-state index >= 15 is 0 Å². The zero-order valence-corrected chi connectivity index (χ0v) is 16.5. The summed E-state index contributed by atoms with van der Waals surface area (Å²) in [5.74, 6) is -0.246. The highest BCUT2D eigenvalue weighted by molar-refractivity contribution is 5.64. The zero-order chi connectivity index (χ0) is 21.4. The molecule has 0 radical (unpaired) electrons. The summed E-state index contributed by atoms with van der Waals surface area (Å²) in [6, 6.07) is 13.4. The van der Waals surface area contributed by atoms with Crippen LogP contribution in [0.2, 0.25) is 0 Å². The molecule has 0 saturated carbocycles. The average molecular weight is 420 g/mol. The highest BCUT2D eigenvalue weighted by Gasteiger charge is 2.31. The van der Waals surface area contributed by atoms with Crippen molar-refractivity contribution in [2.45, 2.75) is 25.7 Å². The molecule has 1 saturated heterocycles. The SMILES string of the molecule is C/C=C/C=C/CO[C@@H]1CO[C@@H](c2ccc(-c3ccc(OC(F)(F)F)cc3)cc2)CO1. The Bertz CT molecular complexity index is 834. The third-order valence-electron chi connectivity index (χ3n) is 4.39. The molecule has 0 spiro atoms. The summed E-state index contributed by atoms with van der Waals surface area (Å²) in [6.07, 6.45) is 2.38. The van der Waals surface area contributed by atoms with Gasteiger partial charge in [0.2, 0.25) is 0 Å². The molecule has 0 bridgehead atoms. The van der Waals surface area contributed by atoms with Crippen LogP contribution in [-0.2, 0) is 14.2 Å². The highest BCUT2D eigenvalue weighted by Crippen LogP contribution is 2.29. The van der Waals surface area contributed by atoms with Crippen molar-refractivity contribution < 1.29 is 32.1 Å². The molecule has 7 heteroatoms. The molecule has 3 rings (SSSR count). The summed E-state index contributed by atoms with van der Waals surface area (Å²) in [6.45, 7) is 3.11. The molecule has 0 unspecified atom stereocenters. The summed E-state index contributed by atoms with van der Waals surface area (Å²) < 4.78 is 57.8. The van der Waals surface area contributed by atoms with Gasteiger partial charge in [0.1, 0.15) is 11.9 Å². The van der Waals surface area contributed by atoms with Crippen LogP contribution >= 0.6 is 0 Å². The molecule has 1 heterocycles. The molecular weight excluding hydrogens is 397 g/mol. The minimum absolute atomic E-state index is 0.194. The predicted octanol–water partition coefficient (Wildman–Crippen LogP) is 5.82. The molecule has 1 fully saturated rings. The predicted molar refractivity (Wildman–Crippen MR) is 107 cm³/mol. The number of ether oxygens (including phenoxy) is 4. The standard InChI is InChI=1S/C23H23F3O4/c1-2-3-4-5-14-27-22-16-28-21(15-29-22)19-8-6-17(7-9-19)18-10-12-20(13-11-18)30-23(24,25)26/h2-13,21-22H,14-16H2,1H3/b3-2+,5-4+/t21-,22+/m1/s1. The zero-order valence-electron chi connectivity index (χ0n) is 16.5. The van der Waals surface area contributed by atoms with Crippen molar-refractivity contribution in [2.24, 2.45) is 0 Å². The van der Waals surface area contributed by atoms with E-state index in [1.165, 1.54) is 12.1 Å². The van der Waals surface area contributed by atoms with Gasteiger partial charge >= 0.3 is 6.36 Å². The van der Waals surface area contributed by atoms with Gasteiger partial charge in [-0.25, -0.2) is 0 Å². The lowest BCUT2D eigenvalue weighted by molar-refractivity contribution is -0.274. The second-order valence-corrected chi connectivity index (χ2v) is 6.57. The van der Waals surface area contributed by atoms with Crippen molar-refractivity contribution in [2.75, 3.05) is 19.8 Å². The van der Waals surface area contributed by atoms with Crippen molar-refractivity contribution >= 4 is 0 Å². The Morgan fingerprint density at radius 2 is 1.60 bits per heavy atom. The number of benzene rings is 2. The lowest BCUT2D eigenvalue weighted by Crippen LogP contribution is -2.33. The van der Waals surface area contributed by atoms with E-state index in [1.807, 2.05) is 55.5 Å². The van der Waals surface area contributed by atoms with Gasteiger partial charge < -0.3 is 18.9 Å². The van der Waals surface area contributed by atoms with Gasteiger partial charge in [-0.2, -0.15) is 0 Å². The van der Waals surface area contributed by atoms with Gasteiger partial charge in [-0.1, -0.05) is 60.7 Å². The maximum Gasteiger partial charge on any atom is 0.573 e. The highest BCUT2D eigenvalue weighted by atomic mass is 19.4. The minimum Gasteiger partial charge on any atom is -0.406 e. The van der Waals surface area contributed by atoms with Crippen molar-refractivity contribution in [3.8, 4) is 16.9 Å². The first-order chi connectivity index (χ1) is 14.4. The monoisotopic (exact) mass is 420 g/mol. The third kappa shape index (κ3) is 6.73. The molecule has 2 aromatic rings. The van der Waals surface area contributed by atoms with Crippen molar-refractivity contribution in [1.29, 1.82) is 0 Å². The number of hydrogen-bond donors (Lipinski definition) is 0. The lowest BCUT2D eigenvalue weighted by atomic mass is 10.0. The maximum absolute atomic E-state index is 12.3. The van der Waals surface area contributed by atoms with E-state index in [-0.39, 0.29) is 11.9 Å². The Kier molecular flexibility index (Phi) is 7.68. The fourth-order valence-corrected chi connectivity index (χ4v) is 2.92. The topological polar surface area (TPSA) is 36.9 Å². The first-order valence-electron chi connectivity index (χ1n) is 9.53. The van der Waals surface area contributed by atoms with Crippen LogP contribution in [-0.4, -0.2) is 32.5 Å². The van der Waals surface area contributed by atoms with E-state index in [0.29, 0.717) is 19.8 Å². The fraction of sp³-hybridized carbons (Fsp3) is 0.304. The van der Waals surface area contributed by atoms with Crippen molar-refractivity contribution in [1.82, 2.24) is 0 Å². The second-order valence-electron chi connectivity index (χ2n) is 6.57. The van der Waals surface area contributed by atoms with Crippen LogP contribution in [0.4, 0.5) is 13.2 Å². The quantitative estimate of drug-likeness (QED) is 0.530. The Labute approximate surface area is 173 Å². The van der Waals surface area contributed by atoms with Crippen LogP contribution in [0.5, 0.6) is 5.75 Å². The van der Waals surface area contributed by atoms with Crippen LogP contribution in [0.1, 0.15) is 18.6 Å². The third-order valence-corrected chi connectivity index (χ3v) is 4.39. The van der Waals surface area contributed by atoms with Crippen molar-refractivity contribution in [3.05, 3.63) is 78.4 Å². The van der Waals surface area contributed by atoms with E-state index in [1.54, 1.807) is 12.1 Å². The minimum atomic E-state index is -4.70. The van der Waals surface area contributed by atoms with Crippen LogP contribution < -0.4 is 4.74 Å². The van der Waals surface area contributed by atoms with E-state index in [9.17, 15) is 13.2 Å². The molecule has 0 amide bonds. The molecule has 0 aliphatic carbocycles. The van der Waals surface area contributed by atoms with Gasteiger partial charge in [-0.05, 0) is 35.7 Å². The number of alkyl halides is 3. The van der Waals surface area contributed by atoms with Gasteiger partial charge in [0.15, 0.2) is 6.29 Å². The van der Waals surface area contributed by atoms with E-state index in [2.05, 4.69) is 4.74 Å². The van der Waals surface area contributed by atoms with Crippen LogP contribution in [0.3, 0.4) is 0 Å². The number of rotatable bonds is 7. The van der Waals surface area contributed by atoms with Gasteiger partial charge in [-0.3, -0.25) is 0 Å². The number of hydrogen-bond acceptors (Lipinski definition) is 4. The van der Waals surface area contributed by atoms with Crippen LogP contribution in [0, 0.1) is 0 Å². The fourth-order valence-electron chi connectivity index (χ4n) is 2.92. The van der Waals surface area contributed by atoms with Gasteiger partial charge in [0.25, 0.3) is 0 Å². The molecular formula is C23H23F3O4. The second kappa shape index (κ2) is 10.4. The van der Waals surface area contributed by atoms with Crippen LogP contribution in [0.15, 0.2) is 72.8 Å². The summed E-state index contributed by atoms with van der Waals surface area (Å²) in [5.41, 5.74) is 2.63. The van der Waals surface area contributed by atoms with Crippen molar-refractivity contribution in [3.63, 3.8) is 0 Å². The first-order valence-corrected chi connectivity index (χ1v) is 9.53. The summed E-state index contributed by atoms with van der Waals surface area (Å²) in [5, 5.41) is 0. The van der Waals surface area contributed by atoms with E-state index < -0.39 is 12.7 Å². The maximum atomic E-state index is 12.3. The first kappa shape index (κ1) is 22.1. The molecule has 2 aromatic carbocycles. The van der Waals surface area contributed by atoms with E-state index in [4.69, 9.17) is 14.2 Å². The Hall–Kier alpha value is -2.61. The molecule has 0 aromatic heterocycles. The molecule has 160 valence electrons. The van der Waals surface area contributed by atoms with Gasteiger partial charge in [0, 0.05) is 0 Å². The number of halogens is 3. The Balaban J connectivity index is 1.51. The van der Waals surface area contributed by atoms with Gasteiger partial charge in [0.05, 0.1) is 19.8 Å². The Morgan fingerprint density at radius 3 is 2.17 bits per heavy atom. The molecule has 4 nitrogen and oxygen atoms in total. The normalized spacial score (nSPS) is 20.1.